The average Bonchev–Trinajstić information content (AvgIpc) is 2.47. The first-order valence-corrected chi connectivity index (χ1v) is 7.60. The van der Waals surface area contributed by atoms with E-state index in [4.69, 9.17) is 9.47 Å². The van der Waals surface area contributed by atoms with E-state index in [-0.39, 0.29) is 0 Å². The summed E-state index contributed by atoms with van der Waals surface area (Å²) >= 11 is 2.30. The van der Waals surface area contributed by atoms with Crippen LogP contribution in [-0.4, -0.2) is 13.7 Å². The SMILES string of the molecule is CCOc1cccc(CNc2ccc(I)cc2)c1OC. The second kappa shape index (κ2) is 7.38. The Morgan fingerprint density at radius 1 is 1.10 bits per heavy atom. The summed E-state index contributed by atoms with van der Waals surface area (Å²) in [6.07, 6.45) is 0. The third kappa shape index (κ3) is 3.79. The zero-order chi connectivity index (χ0) is 14.4. The molecule has 0 unspecified atom stereocenters. The Kier molecular flexibility index (Phi) is 5.52. The van der Waals surface area contributed by atoms with E-state index in [1.807, 2.05) is 25.1 Å². The van der Waals surface area contributed by atoms with Crippen molar-refractivity contribution in [3.05, 3.63) is 51.6 Å². The Balaban J connectivity index is 2.12. The van der Waals surface area contributed by atoms with Crippen LogP contribution in [0.1, 0.15) is 12.5 Å². The van der Waals surface area contributed by atoms with Crippen LogP contribution in [0.4, 0.5) is 5.69 Å². The van der Waals surface area contributed by atoms with Crippen molar-refractivity contribution in [1.29, 1.82) is 0 Å². The lowest BCUT2D eigenvalue weighted by Crippen LogP contribution is -2.03. The van der Waals surface area contributed by atoms with Gasteiger partial charge in [0.15, 0.2) is 11.5 Å². The van der Waals surface area contributed by atoms with E-state index in [0.29, 0.717) is 13.2 Å². The van der Waals surface area contributed by atoms with E-state index in [1.165, 1.54) is 3.57 Å². The summed E-state index contributed by atoms with van der Waals surface area (Å²) in [6, 6.07) is 14.3. The number of methoxy groups -OCH3 is 1. The van der Waals surface area contributed by atoms with Crippen LogP contribution < -0.4 is 14.8 Å². The van der Waals surface area contributed by atoms with Crippen molar-refractivity contribution in [2.45, 2.75) is 13.5 Å². The molecule has 0 atom stereocenters. The predicted molar refractivity (Wildman–Crippen MR) is 90.6 cm³/mol. The highest BCUT2D eigenvalue weighted by Gasteiger charge is 2.09. The zero-order valence-corrected chi connectivity index (χ0v) is 13.8. The molecule has 0 bridgehead atoms. The van der Waals surface area contributed by atoms with Gasteiger partial charge in [-0.05, 0) is 59.8 Å². The topological polar surface area (TPSA) is 30.5 Å². The maximum Gasteiger partial charge on any atom is 0.165 e. The minimum absolute atomic E-state index is 0.629. The summed E-state index contributed by atoms with van der Waals surface area (Å²) in [5.41, 5.74) is 2.17. The molecular weight excluding hydrogens is 365 g/mol. The molecule has 0 amide bonds. The van der Waals surface area contributed by atoms with Gasteiger partial charge in [0.25, 0.3) is 0 Å². The van der Waals surface area contributed by atoms with Gasteiger partial charge in [0.05, 0.1) is 13.7 Å². The van der Waals surface area contributed by atoms with Crippen LogP contribution in [0.5, 0.6) is 11.5 Å². The smallest absolute Gasteiger partial charge is 0.165 e. The molecule has 3 nitrogen and oxygen atoms in total. The number of benzene rings is 2. The van der Waals surface area contributed by atoms with Gasteiger partial charge in [0, 0.05) is 21.4 Å². The lowest BCUT2D eigenvalue weighted by molar-refractivity contribution is 0.309. The molecule has 0 saturated carbocycles. The third-order valence-electron chi connectivity index (χ3n) is 2.89. The van der Waals surface area contributed by atoms with E-state index in [2.05, 4.69) is 52.2 Å². The monoisotopic (exact) mass is 383 g/mol. The Morgan fingerprint density at radius 3 is 2.50 bits per heavy atom. The fourth-order valence-electron chi connectivity index (χ4n) is 1.97. The molecule has 0 radical (unpaired) electrons. The molecule has 0 aliphatic rings. The van der Waals surface area contributed by atoms with Crippen molar-refractivity contribution in [1.82, 2.24) is 0 Å². The maximum absolute atomic E-state index is 5.58. The molecule has 0 aliphatic carbocycles. The molecule has 0 aliphatic heterocycles. The van der Waals surface area contributed by atoms with E-state index >= 15 is 0 Å². The van der Waals surface area contributed by atoms with E-state index < -0.39 is 0 Å². The standard InChI is InChI=1S/C16H18INO2/c1-3-20-15-6-4-5-12(16(15)19-2)11-18-14-9-7-13(17)8-10-14/h4-10,18H,3,11H2,1-2H3. The van der Waals surface area contributed by atoms with Crippen LogP contribution in [-0.2, 0) is 6.54 Å². The summed E-state index contributed by atoms with van der Waals surface area (Å²) < 4.78 is 12.3. The van der Waals surface area contributed by atoms with E-state index in [0.717, 1.165) is 22.7 Å². The molecule has 0 heterocycles. The summed E-state index contributed by atoms with van der Waals surface area (Å²) in [7, 11) is 1.67. The minimum atomic E-state index is 0.629. The van der Waals surface area contributed by atoms with Crippen molar-refractivity contribution in [3.63, 3.8) is 0 Å². The van der Waals surface area contributed by atoms with Crippen LogP contribution in [0.25, 0.3) is 0 Å². The minimum Gasteiger partial charge on any atom is -0.493 e. The van der Waals surface area contributed by atoms with E-state index in [9.17, 15) is 0 Å². The van der Waals surface area contributed by atoms with Crippen LogP contribution in [0.3, 0.4) is 0 Å². The summed E-state index contributed by atoms with van der Waals surface area (Å²) in [5.74, 6) is 1.59. The number of nitrogens with one attached hydrogen (secondary N) is 1. The highest BCUT2D eigenvalue weighted by Crippen LogP contribution is 2.31. The zero-order valence-electron chi connectivity index (χ0n) is 11.7. The third-order valence-corrected chi connectivity index (χ3v) is 3.61. The van der Waals surface area contributed by atoms with Gasteiger partial charge in [0.1, 0.15) is 0 Å². The Bertz CT molecular complexity index is 555. The van der Waals surface area contributed by atoms with Gasteiger partial charge in [-0.25, -0.2) is 0 Å². The quantitative estimate of drug-likeness (QED) is 0.755. The van der Waals surface area contributed by atoms with Crippen molar-refractivity contribution in [2.24, 2.45) is 0 Å². The molecule has 0 aromatic heterocycles. The maximum atomic E-state index is 5.58. The molecular formula is C16H18INO2. The number of para-hydroxylation sites is 1. The van der Waals surface area contributed by atoms with Crippen LogP contribution in [0.15, 0.2) is 42.5 Å². The van der Waals surface area contributed by atoms with Crippen LogP contribution in [0, 0.1) is 3.57 Å². The van der Waals surface area contributed by atoms with Gasteiger partial charge in [0.2, 0.25) is 0 Å². The fourth-order valence-corrected chi connectivity index (χ4v) is 2.33. The number of hydrogen-bond acceptors (Lipinski definition) is 3. The van der Waals surface area contributed by atoms with Gasteiger partial charge < -0.3 is 14.8 Å². The largest absolute Gasteiger partial charge is 0.493 e. The normalized spacial score (nSPS) is 10.2. The second-order valence-electron chi connectivity index (χ2n) is 4.24. The molecule has 20 heavy (non-hydrogen) atoms. The van der Waals surface area contributed by atoms with Crippen molar-refractivity contribution >= 4 is 28.3 Å². The second-order valence-corrected chi connectivity index (χ2v) is 5.49. The lowest BCUT2D eigenvalue weighted by Gasteiger charge is -2.14. The highest BCUT2D eigenvalue weighted by atomic mass is 127. The first-order valence-electron chi connectivity index (χ1n) is 6.52. The predicted octanol–water partition coefficient (Wildman–Crippen LogP) is 4.31. The molecule has 2 aromatic carbocycles. The van der Waals surface area contributed by atoms with Gasteiger partial charge in [-0.3, -0.25) is 0 Å². The molecule has 0 fully saturated rings. The van der Waals surface area contributed by atoms with Gasteiger partial charge in [-0.15, -0.1) is 0 Å². The summed E-state index contributed by atoms with van der Waals surface area (Å²) in [4.78, 5) is 0. The summed E-state index contributed by atoms with van der Waals surface area (Å²) in [5, 5.41) is 3.39. The van der Waals surface area contributed by atoms with Gasteiger partial charge >= 0.3 is 0 Å². The van der Waals surface area contributed by atoms with Gasteiger partial charge in [-0.2, -0.15) is 0 Å². The Labute approximate surface area is 133 Å². The number of halogens is 1. The molecule has 2 aromatic rings. The Hall–Kier alpha value is -1.43. The van der Waals surface area contributed by atoms with Crippen molar-refractivity contribution < 1.29 is 9.47 Å². The number of anilines is 1. The van der Waals surface area contributed by atoms with Crippen LogP contribution >= 0.6 is 22.6 Å². The van der Waals surface area contributed by atoms with Gasteiger partial charge in [-0.1, -0.05) is 12.1 Å². The average molecular weight is 383 g/mol. The fraction of sp³-hybridized carbons (Fsp3) is 0.250. The number of rotatable bonds is 6. The van der Waals surface area contributed by atoms with Crippen LogP contribution in [0.2, 0.25) is 0 Å². The molecule has 1 N–H and O–H groups in total. The molecule has 0 spiro atoms. The lowest BCUT2D eigenvalue weighted by atomic mass is 10.1. The molecule has 2 rings (SSSR count). The van der Waals surface area contributed by atoms with Crippen molar-refractivity contribution in [2.75, 3.05) is 19.0 Å². The van der Waals surface area contributed by atoms with E-state index in [1.54, 1.807) is 7.11 Å². The summed E-state index contributed by atoms with van der Waals surface area (Å²) in [6.45, 7) is 3.30. The number of hydrogen-bond donors (Lipinski definition) is 1. The molecule has 0 saturated heterocycles. The first kappa shape index (κ1) is 15.0. The number of ether oxygens (including phenoxy) is 2. The molecule has 4 heteroatoms. The molecule has 106 valence electrons. The highest BCUT2D eigenvalue weighted by molar-refractivity contribution is 14.1. The Morgan fingerprint density at radius 2 is 1.85 bits per heavy atom. The van der Waals surface area contributed by atoms with Crippen molar-refractivity contribution in [3.8, 4) is 11.5 Å². The first-order chi connectivity index (χ1) is 9.74.